The molecule has 6 heteroatoms. The molecule has 1 heterocycles. The summed E-state index contributed by atoms with van der Waals surface area (Å²) in [5.41, 5.74) is 1.98. The summed E-state index contributed by atoms with van der Waals surface area (Å²) in [6.07, 6.45) is 0. The van der Waals surface area contributed by atoms with E-state index in [0.29, 0.717) is 16.4 Å². The summed E-state index contributed by atoms with van der Waals surface area (Å²) in [6, 6.07) is 14.7. The summed E-state index contributed by atoms with van der Waals surface area (Å²) in [5.74, 6) is -0.658. The van der Waals surface area contributed by atoms with Crippen molar-refractivity contribution in [3.05, 3.63) is 65.4 Å². The second-order valence-corrected chi connectivity index (χ2v) is 5.24. The fraction of sp³-hybridized carbons (Fsp3) is 0.0588. The average molecular weight is 331 g/mol. The molecule has 23 heavy (non-hydrogen) atoms. The van der Waals surface area contributed by atoms with Gasteiger partial charge in [0, 0.05) is 18.6 Å². The van der Waals surface area contributed by atoms with Crippen LogP contribution in [0.4, 0.5) is 4.39 Å². The molecule has 116 valence electrons. The van der Waals surface area contributed by atoms with Crippen LogP contribution in [-0.4, -0.2) is 15.7 Å². The zero-order valence-electron chi connectivity index (χ0n) is 12.2. The van der Waals surface area contributed by atoms with Crippen LogP contribution in [0.1, 0.15) is 6.92 Å². The molecule has 0 unspecified atom stereocenters. The lowest BCUT2D eigenvalue weighted by molar-refractivity contribution is -0.132. The molecule has 0 aliphatic rings. The highest BCUT2D eigenvalue weighted by Crippen LogP contribution is 2.30. The molecule has 4 nitrogen and oxygen atoms in total. The molecule has 3 aromatic rings. The van der Waals surface area contributed by atoms with Gasteiger partial charge in [-0.2, -0.15) is 0 Å². The predicted octanol–water partition coefficient (Wildman–Crippen LogP) is 4.26. The van der Waals surface area contributed by atoms with Crippen molar-refractivity contribution in [2.45, 2.75) is 6.92 Å². The molecule has 0 bridgehead atoms. The predicted molar refractivity (Wildman–Crippen MR) is 85.3 cm³/mol. The number of hydrogen-bond acceptors (Lipinski definition) is 3. The van der Waals surface area contributed by atoms with Crippen LogP contribution in [0.15, 0.2) is 54.6 Å². The molecule has 0 aliphatic carbocycles. The number of carbonyl (C=O) groups excluding carboxylic acids is 1. The maximum absolute atomic E-state index is 13.2. The van der Waals surface area contributed by atoms with Crippen LogP contribution in [0.5, 0.6) is 5.88 Å². The lowest BCUT2D eigenvalue weighted by Gasteiger charge is -2.08. The van der Waals surface area contributed by atoms with Crippen molar-refractivity contribution in [3.8, 4) is 22.8 Å². The third-order valence-electron chi connectivity index (χ3n) is 3.16. The van der Waals surface area contributed by atoms with Crippen LogP contribution in [0, 0.1) is 5.82 Å². The minimum Gasteiger partial charge on any atom is -0.406 e. The Morgan fingerprint density at radius 1 is 1.17 bits per heavy atom. The molecule has 0 N–H and O–H groups in total. The minimum atomic E-state index is -0.473. The first-order valence-electron chi connectivity index (χ1n) is 6.84. The first kappa shape index (κ1) is 15.2. The highest BCUT2D eigenvalue weighted by molar-refractivity contribution is 6.32. The van der Waals surface area contributed by atoms with Gasteiger partial charge in [-0.15, -0.1) is 5.10 Å². The maximum Gasteiger partial charge on any atom is 0.309 e. The van der Waals surface area contributed by atoms with Crippen LogP contribution in [-0.2, 0) is 4.79 Å². The zero-order chi connectivity index (χ0) is 16.4. The van der Waals surface area contributed by atoms with Crippen molar-refractivity contribution in [1.82, 2.24) is 9.78 Å². The van der Waals surface area contributed by atoms with Gasteiger partial charge >= 0.3 is 5.97 Å². The summed E-state index contributed by atoms with van der Waals surface area (Å²) in [5, 5.41) is 4.77. The number of rotatable bonds is 3. The van der Waals surface area contributed by atoms with Gasteiger partial charge in [-0.1, -0.05) is 23.7 Å². The van der Waals surface area contributed by atoms with Crippen molar-refractivity contribution >= 4 is 17.6 Å². The quantitative estimate of drug-likeness (QED) is 0.674. The molecule has 0 spiro atoms. The molecule has 0 atom stereocenters. The highest BCUT2D eigenvalue weighted by atomic mass is 35.5. The molecule has 0 aliphatic heterocycles. The lowest BCUT2D eigenvalue weighted by Crippen LogP contribution is -2.03. The van der Waals surface area contributed by atoms with E-state index >= 15 is 0 Å². The van der Waals surface area contributed by atoms with Crippen LogP contribution in [0.2, 0.25) is 5.02 Å². The Kier molecular flexibility index (Phi) is 4.12. The number of carbonyl (C=O) groups is 1. The van der Waals surface area contributed by atoms with Crippen molar-refractivity contribution in [2.24, 2.45) is 0 Å². The first-order chi connectivity index (χ1) is 11.0. The number of hydrogen-bond donors (Lipinski definition) is 0. The summed E-state index contributed by atoms with van der Waals surface area (Å²) in [7, 11) is 0. The number of para-hydroxylation sites is 1. The van der Waals surface area contributed by atoms with Crippen LogP contribution in [0.25, 0.3) is 16.9 Å². The molecule has 0 fully saturated rings. The standard InChI is InChI=1S/C17H12ClFN2O2/c1-11(22)23-17-10-16(12-6-8-13(19)9-7-12)21(20-17)15-5-3-2-4-14(15)18/h2-10H,1H3. The largest absolute Gasteiger partial charge is 0.406 e. The number of halogens is 2. The van der Waals surface area contributed by atoms with E-state index in [1.165, 1.54) is 19.1 Å². The smallest absolute Gasteiger partial charge is 0.309 e. The zero-order valence-corrected chi connectivity index (χ0v) is 12.9. The number of aromatic nitrogens is 2. The summed E-state index contributed by atoms with van der Waals surface area (Å²) in [4.78, 5) is 11.2. The van der Waals surface area contributed by atoms with Crippen molar-refractivity contribution in [3.63, 3.8) is 0 Å². The number of esters is 1. The van der Waals surface area contributed by atoms with Gasteiger partial charge in [-0.05, 0) is 36.4 Å². The first-order valence-corrected chi connectivity index (χ1v) is 7.22. The normalized spacial score (nSPS) is 10.6. The number of ether oxygens (including phenoxy) is 1. The van der Waals surface area contributed by atoms with Gasteiger partial charge in [0.1, 0.15) is 5.82 Å². The number of benzene rings is 2. The second-order valence-electron chi connectivity index (χ2n) is 4.83. The molecular formula is C17H12ClFN2O2. The van der Waals surface area contributed by atoms with E-state index in [0.717, 1.165) is 5.56 Å². The maximum atomic E-state index is 13.2. The SMILES string of the molecule is CC(=O)Oc1cc(-c2ccc(F)cc2)n(-c2ccccc2Cl)n1. The van der Waals surface area contributed by atoms with E-state index in [1.807, 2.05) is 6.07 Å². The van der Waals surface area contributed by atoms with Gasteiger partial charge in [-0.3, -0.25) is 4.79 Å². The Morgan fingerprint density at radius 2 is 1.87 bits per heavy atom. The molecule has 0 saturated carbocycles. The van der Waals surface area contributed by atoms with Gasteiger partial charge in [0.15, 0.2) is 0 Å². The molecule has 0 radical (unpaired) electrons. The van der Waals surface area contributed by atoms with Crippen LogP contribution >= 0.6 is 11.6 Å². The Labute approximate surface area is 137 Å². The fourth-order valence-electron chi connectivity index (χ4n) is 2.19. The summed E-state index contributed by atoms with van der Waals surface area (Å²) in [6.45, 7) is 1.30. The average Bonchev–Trinajstić information content (AvgIpc) is 2.91. The second kappa shape index (κ2) is 6.22. The van der Waals surface area contributed by atoms with E-state index < -0.39 is 5.97 Å². The van der Waals surface area contributed by atoms with Crippen molar-refractivity contribution in [1.29, 1.82) is 0 Å². The van der Waals surface area contributed by atoms with Gasteiger partial charge < -0.3 is 4.74 Å². The number of nitrogens with zero attached hydrogens (tertiary/aromatic N) is 2. The van der Waals surface area contributed by atoms with Crippen LogP contribution in [0.3, 0.4) is 0 Å². The van der Waals surface area contributed by atoms with Crippen molar-refractivity contribution < 1.29 is 13.9 Å². The van der Waals surface area contributed by atoms with E-state index in [9.17, 15) is 9.18 Å². The minimum absolute atomic E-state index is 0.150. The third-order valence-corrected chi connectivity index (χ3v) is 3.48. The van der Waals surface area contributed by atoms with Crippen molar-refractivity contribution in [2.75, 3.05) is 0 Å². The summed E-state index contributed by atoms with van der Waals surface area (Å²) < 4.78 is 19.8. The Balaban J connectivity index is 2.17. The fourth-order valence-corrected chi connectivity index (χ4v) is 2.41. The Bertz CT molecular complexity index is 859. The Hall–Kier alpha value is -2.66. The highest BCUT2D eigenvalue weighted by Gasteiger charge is 2.15. The van der Waals surface area contributed by atoms with E-state index in [1.54, 1.807) is 41.1 Å². The summed E-state index contributed by atoms with van der Waals surface area (Å²) >= 11 is 6.23. The molecule has 0 amide bonds. The van der Waals surface area contributed by atoms with Gasteiger partial charge in [0.2, 0.25) is 5.88 Å². The van der Waals surface area contributed by atoms with E-state index in [-0.39, 0.29) is 11.7 Å². The van der Waals surface area contributed by atoms with Gasteiger partial charge in [0.05, 0.1) is 16.4 Å². The molecular weight excluding hydrogens is 319 g/mol. The molecule has 3 rings (SSSR count). The van der Waals surface area contributed by atoms with E-state index in [2.05, 4.69) is 5.10 Å². The van der Waals surface area contributed by atoms with E-state index in [4.69, 9.17) is 16.3 Å². The third kappa shape index (κ3) is 3.24. The Morgan fingerprint density at radius 3 is 2.52 bits per heavy atom. The molecule has 0 saturated heterocycles. The van der Waals surface area contributed by atoms with Gasteiger partial charge in [-0.25, -0.2) is 9.07 Å². The molecule has 1 aromatic heterocycles. The molecule has 2 aromatic carbocycles. The van der Waals surface area contributed by atoms with Crippen LogP contribution < -0.4 is 4.74 Å². The monoisotopic (exact) mass is 330 g/mol. The topological polar surface area (TPSA) is 44.1 Å². The van der Waals surface area contributed by atoms with Gasteiger partial charge in [0.25, 0.3) is 0 Å². The lowest BCUT2D eigenvalue weighted by atomic mass is 10.1.